The number of halogens is 2. The molecule has 3 unspecified atom stereocenters. The molecular formula is C16H20F2N2O2. The summed E-state index contributed by atoms with van der Waals surface area (Å²) in [5, 5.41) is 5.80. The van der Waals surface area contributed by atoms with Crippen LogP contribution in [-0.2, 0) is 4.79 Å². The van der Waals surface area contributed by atoms with Gasteiger partial charge in [0.25, 0.3) is 0 Å². The molecule has 0 bridgehead atoms. The van der Waals surface area contributed by atoms with Crippen molar-refractivity contribution in [1.29, 1.82) is 0 Å². The third kappa shape index (κ3) is 2.92. The number of hydrogen-bond donors (Lipinski definition) is 2. The summed E-state index contributed by atoms with van der Waals surface area (Å²) in [6.45, 7) is 0. The molecule has 4 nitrogen and oxygen atoms in total. The third-order valence-corrected chi connectivity index (χ3v) is 4.68. The van der Waals surface area contributed by atoms with E-state index in [1.807, 2.05) is 0 Å². The first kappa shape index (κ1) is 15.2. The van der Waals surface area contributed by atoms with E-state index in [0.29, 0.717) is 12.0 Å². The summed E-state index contributed by atoms with van der Waals surface area (Å²) in [6, 6.07) is 1.93. The molecule has 1 aromatic carbocycles. The predicted octanol–water partition coefficient (Wildman–Crippen LogP) is 2.83. The molecule has 1 aliphatic carbocycles. The van der Waals surface area contributed by atoms with Gasteiger partial charge in [0, 0.05) is 18.2 Å². The molecule has 6 heteroatoms. The minimum Gasteiger partial charge on any atom is -0.494 e. The molecule has 1 saturated heterocycles. The van der Waals surface area contributed by atoms with Crippen LogP contribution in [0.5, 0.6) is 5.75 Å². The van der Waals surface area contributed by atoms with Crippen molar-refractivity contribution < 1.29 is 18.3 Å². The smallest absolute Gasteiger partial charge is 0.241 e. The molecule has 0 aromatic heterocycles. The van der Waals surface area contributed by atoms with Gasteiger partial charge in [-0.3, -0.25) is 4.79 Å². The minimum absolute atomic E-state index is 0.153. The second-order valence-electron chi connectivity index (χ2n) is 6.06. The van der Waals surface area contributed by atoms with Crippen molar-refractivity contribution in [3.8, 4) is 5.75 Å². The SMILES string of the molecule is COc1cc(F)c(NC(=O)C2CC3CCCCC3N2)cc1F. The van der Waals surface area contributed by atoms with Gasteiger partial charge < -0.3 is 15.4 Å². The fourth-order valence-corrected chi connectivity index (χ4v) is 3.52. The van der Waals surface area contributed by atoms with Crippen LogP contribution < -0.4 is 15.4 Å². The maximum atomic E-state index is 13.9. The van der Waals surface area contributed by atoms with Crippen molar-refractivity contribution in [1.82, 2.24) is 5.32 Å². The van der Waals surface area contributed by atoms with E-state index in [-0.39, 0.29) is 23.4 Å². The van der Waals surface area contributed by atoms with Gasteiger partial charge in [0.05, 0.1) is 18.8 Å². The standard InChI is InChI=1S/C16H20F2N2O2/c1-22-15-8-10(17)13(7-11(15)18)20-16(21)14-6-9-4-2-3-5-12(9)19-14/h7-9,12,14,19H,2-6H2,1H3,(H,20,21). The summed E-state index contributed by atoms with van der Waals surface area (Å²) < 4.78 is 32.2. The monoisotopic (exact) mass is 310 g/mol. The van der Waals surface area contributed by atoms with E-state index in [2.05, 4.69) is 10.6 Å². The lowest BCUT2D eigenvalue weighted by molar-refractivity contribution is -0.117. The van der Waals surface area contributed by atoms with Crippen LogP contribution >= 0.6 is 0 Å². The maximum Gasteiger partial charge on any atom is 0.241 e. The highest BCUT2D eigenvalue weighted by Gasteiger charge is 2.38. The Morgan fingerprint density at radius 2 is 2.05 bits per heavy atom. The van der Waals surface area contributed by atoms with Gasteiger partial charge in [0.2, 0.25) is 5.91 Å². The molecule has 1 heterocycles. The number of amides is 1. The minimum atomic E-state index is -0.706. The van der Waals surface area contributed by atoms with Crippen molar-refractivity contribution >= 4 is 11.6 Å². The van der Waals surface area contributed by atoms with E-state index >= 15 is 0 Å². The van der Waals surface area contributed by atoms with Gasteiger partial charge in [0.15, 0.2) is 17.4 Å². The molecule has 0 spiro atoms. The zero-order chi connectivity index (χ0) is 15.7. The first-order valence-corrected chi connectivity index (χ1v) is 7.68. The van der Waals surface area contributed by atoms with Crippen LogP contribution in [0.1, 0.15) is 32.1 Å². The maximum absolute atomic E-state index is 13.9. The van der Waals surface area contributed by atoms with Gasteiger partial charge in [-0.25, -0.2) is 8.78 Å². The van der Waals surface area contributed by atoms with Crippen LogP contribution in [0.4, 0.5) is 14.5 Å². The molecule has 3 atom stereocenters. The summed E-state index contributed by atoms with van der Waals surface area (Å²) in [6.07, 6.45) is 5.36. The van der Waals surface area contributed by atoms with Crippen LogP contribution in [0.25, 0.3) is 0 Å². The van der Waals surface area contributed by atoms with Gasteiger partial charge in [0.1, 0.15) is 0 Å². The molecule has 2 aliphatic rings. The summed E-state index contributed by atoms with van der Waals surface area (Å²) in [5.74, 6) is -1.38. The van der Waals surface area contributed by atoms with Crippen molar-refractivity contribution in [2.24, 2.45) is 5.92 Å². The summed E-state index contributed by atoms with van der Waals surface area (Å²) in [5.41, 5.74) is -0.153. The number of anilines is 1. The van der Waals surface area contributed by atoms with E-state index in [1.165, 1.54) is 20.0 Å². The van der Waals surface area contributed by atoms with Crippen molar-refractivity contribution in [3.05, 3.63) is 23.8 Å². The Morgan fingerprint density at radius 1 is 1.27 bits per heavy atom. The van der Waals surface area contributed by atoms with Crippen LogP contribution in [0.3, 0.4) is 0 Å². The number of nitrogens with one attached hydrogen (secondary N) is 2. The number of ether oxygens (including phenoxy) is 1. The van der Waals surface area contributed by atoms with Gasteiger partial charge in [-0.15, -0.1) is 0 Å². The molecule has 1 aliphatic heterocycles. The van der Waals surface area contributed by atoms with Gasteiger partial charge >= 0.3 is 0 Å². The molecule has 2 fully saturated rings. The largest absolute Gasteiger partial charge is 0.494 e. The molecule has 1 aromatic rings. The van der Waals surface area contributed by atoms with Crippen molar-refractivity contribution in [2.75, 3.05) is 12.4 Å². The number of carbonyl (C=O) groups is 1. The molecule has 1 amide bonds. The average molecular weight is 310 g/mol. The van der Waals surface area contributed by atoms with E-state index in [1.54, 1.807) is 0 Å². The molecule has 2 N–H and O–H groups in total. The number of benzene rings is 1. The molecule has 1 saturated carbocycles. The predicted molar refractivity (Wildman–Crippen MR) is 78.8 cm³/mol. The highest BCUT2D eigenvalue weighted by atomic mass is 19.1. The van der Waals surface area contributed by atoms with E-state index in [4.69, 9.17) is 4.74 Å². The number of fused-ring (bicyclic) bond motifs is 1. The lowest BCUT2D eigenvalue weighted by atomic mass is 9.85. The highest BCUT2D eigenvalue weighted by molar-refractivity contribution is 5.95. The van der Waals surface area contributed by atoms with Crippen LogP contribution in [0, 0.1) is 17.6 Å². The van der Waals surface area contributed by atoms with E-state index in [0.717, 1.165) is 31.4 Å². The third-order valence-electron chi connectivity index (χ3n) is 4.68. The Hall–Kier alpha value is -1.69. The average Bonchev–Trinajstić information content (AvgIpc) is 2.94. The Bertz CT molecular complexity index is 566. The van der Waals surface area contributed by atoms with Crippen LogP contribution in [0.2, 0.25) is 0 Å². The first-order chi connectivity index (χ1) is 10.6. The lowest BCUT2D eigenvalue weighted by Gasteiger charge is -2.24. The number of hydrogen-bond acceptors (Lipinski definition) is 3. The second kappa shape index (κ2) is 6.20. The van der Waals surface area contributed by atoms with Crippen molar-refractivity contribution in [2.45, 2.75) is 44.2 Å². The normalized spacial score (nSPS) is 27.3. The van der Waals surface area contributed by atoms with Crippen LogP contribution in [-0.4, -0.2) is 25.1 Å². The summed E-state index contributed by atoms with van der Waals surface area (Å²) in [7, 11) is 1.26. The highest BCUT2D eigenvalue weighted by Crippen LogP contribution is 2.33. The summed E-state index contributed by atoms with van der Waals surface area (Å²) >= 11 is 0. The number of carbonyl (C=O) groups excluding carboxylic acids is 1. The Kier molecular flexibility index (Phi) is 4.29. The van der Waals surface area contributed by atoms with Crippen LogP contribution in [0.15, 0.2) is 12.1 Å². The molecule has 22 heavy (non-hydrogen) atoms. The number of methoxy groups -OCH3 is 1. The molecule has 120 valence electrons. The Morgan fingerprint density at radius 3 is 2.77 bits per heavy atom. The van der Waals surface area contributed by atoms with Gasteiger partial charge in [-0.2, -0.15) is 0 Å². The van der Waals surface area contributed by atoms with E-state index in [9.17, 15) is 13.6 Å². The van der Waals surface area contributed by atoms with Gasteiger partial charge in [-0.1, -0.05) is 12.8 Å². The van der Waals surface area contributed by atoms with E-state index < -0.39 is 11.6 Å². The quantitative estimate of drug-likeness (QED) is 0.902. The van der Waals surface area contributed by atoms with Gasteiger partial charge in [-0.05, 0) is 25.2 Å². The molecule has 3 rings (SSSR count). The fraction of sp³-hybridized carbons (Fsp3) is 0.562. The molecular weight excluding hydrogens is 290 g/mol. The Labute approximate surface area is 128 Å². The lowest BCUT2D eigenvalue weighted by Crippen LogP contribution is -2.40. The zero-order valence-corrected chi connectivity index (χ0v) is 12.5. The van der Waals surface area contributed by atoms with Crippen molar-refractivity contribution in [3.63, 3.8) is 0 Å². The second-order valence-corrected chi connectivity index (χ2v) is 6.06. The zero-order valence-electron chi connectivity index (χ0n) is 12.5. The number of rotatable bonds is 3. The topological polar surface area (TPSA) is 50.4 Å². The fourth-order valence-electron chi connectivity index (χ4n) is 3.52. The molecule has 0 radical (unpaired) electrons. The Balaban J connectivity index is 1.68. The summed E-state index contributed by atoms with van der Waals surface area (Å²) in [4.78, 5) is 12.3. The first-order valence-electron chi connectivity index (χ1n) is 7.68.